The monoisotopic (exact) mass is 428 g/mol. The molecule has 30 heavy (non-hydrogen) atoms. The Bertz CT molecular complexity index is 974. The van der Waals surface area contributed by atoms with E-state index in [2.05, 4.69) is 10.6 Å². The molecule has 158 valence electrons. The number of anilines is 1. The van der Waals surface area contributed by atoms with E-state index in [-0.39, 0.29) is 24.1 Å². The predicted molar refractivity (Wildman–Crippen MR) is 117 cm³/mol. The van der Waals surface area contributed by atoms with Crippen LogP contribution >= 0.6 is 11.8 Å². The van der Waals surface area contributed by atoms with Gasteiger partial charge in [-0.1, -0.05) is 18.2 Å². The van der Waals surface area contributed by atoms with Crippen molar-refractivity contribution in [2.75, 3.05) is 31.9 Å². The molecule has 2 aromatic rings. The molecular weight excluding hydrogens is 404 g/mol. The van der Waals surface area contributed by atoms with Crippen molar-refractivity contribution in [1.29, 1.82) is 0 Å². The number of ether oxygens (including phenoxy) is 3. The summed E-state index contributed by atoms with van der Waals surface area (Å²) in [6, 6.07) is 10.7. The molecule has 0 spiro atoms. The van der Waals surface area contributed by atoms with Crippen LogP contribution in [-0.4, -0.2) is 38.4 Å². The zero-order chi connectivity index (χ0) is 21.5. The largest absolute Gasteiger partial charge is 0.493 e. The molecule has 7 nitrogen and oxygen atoms in total. The summed E-state index contributed by atoms with van der Waals surface area (Å²) >= 11 is 1.53. The zero-order valence-electron chi connectivity index (χ0n) is 17.1. The van der Waals surface area contributed by atoms with E-state index in [1.165, 1.54) is 11.8 Å². The summed E-state index contributed by atoms with van der Waals surface area (Å²) in [5, 5.41) is 7.40. The maximum Gasteiger partial charge on any atom is 0.291 e. The highest BCUT2D eigenvalue weighted by molar-refractivity contribution is 8.02. The summed E-state index contributed by atoms with van der Waals surface area (Å²) in [5.74, 6) is 1.69. The lowest BCUT2D eigenvalue weighted by molar-refractivity contribution is -0.116. The van der Waals surface area contributed by atoms with Crippen molar-refractivity contribution in [2.24, 2.45) is 0 Å². The van der Waals surface area contributed by atoms with Crippen molar-refractivity contribution >= 4 is 29.3 Å². The lowest BCUT2D eigenvalue weighted by Crippen LogP contribution is -2.24. The molecule has 0 saturated heterocycles. The SMILES string of the molecule is COc1cccc(CNC(=O)c2ccc(C)c(NC(=O)C3=CSCCO3)c2)c1OC. The summed E-state index contributed by atoms with van der Waals surface area (Å²) in [6.45, 7) is 2.63. The van der Waals surface area contributed by atoms with Crippen LogP contribution in [0.4, 0.5) is 5.69 Å². The number of hydrogen-bond acceptors (Lipinski definition) is 6. The number of methoxy groups -OCH3 is 2. The summed E-state index contributed by atoms with van der Waals surface area (Å²) in [6.07, 6.45) is 0. The Morgan fingerprint density at radius 2 is 1.97 bits per heavy atom. The molecule has 2 amide bonds. The van der Waals surface area contributed by atoms with Crippen molar-refractivity contribution in [3.05, 3.63) is 64.3 Å². The first kappa shape index (κ1) is 21.6. The standard InChI is InChI=1S/C22H24N2O5S/c1-14-7-8-15(11-17(14)24-22(26)19-13-30-10-9-29-19)21(25)23-12-16-5-4-6-18(27-2)20(16)28-3/h4-8,11,13H,9-10,12H2,1-3H3,(H,23,25)(H,24,26). The van der Waals surface area contributed by atoms with Gasteiger partial charge in [0.05, 0.1) is 20.8 Å². The van der Waals surface area contributed by atoms with Crippen molar-refractivity contribution in [2.45, 2.75) is 13.5 Å². The Morgan fingerprint density at radius 3 is 2.67 bits per heavy atom. The van der Waals surface area contributed by atoms with Crippen LogP contribution in [0.2, 0.25) is 0 Å². The number of hydrogen-bond donors (Lipinski definition) is 2. The van der Waals surface area contributed by atoms with Gasteiger partial charge in [-0.05, 0) is 30.7 Å². The van der Waals surface area contributed by atoms with E-state index in [9.17, 15) is 9.59 Å². The van der Waals surface area contributed by atoms with E-state index < -0.39 is 0 Å². The first-order chi connectivity index (χ1) is 14.5. The van der Waals surface area contributed by atoms with Crippen LogP contribution in [0.15, 0.2) is 47.6 Å². The number of benzene rings is 2. The molecule has 0 unspecified atom stereocenters. The molecule has 0 radical (unpaired) electrons. The van der Waals surface area contributed by atoms with Crippen molar-refractivity contribution < 1.29 is 23.8 Å². The Kier molecular flexibility index (Phi) is 7.24. The summed E-state index contributed by atoms with van der Waals surface area (Å²) < 4.78 is 16.1. The minimum Gasteiger partial charge on any atom is -0.493 e. The maximum absolute atomic E-state index is 12.7. The normalized spacial score (nSPS) is 13.0. The van der Waals surface area contributed by atoms with Crippen LogP contribution in [-0.2, 0) is 16.1 Å². The van der Waals surface area contributed by atoms with Gasteiger partial charge in [0, 0.05) is 34.5 Å². The Morgan fingerprint density at radius 1 is 1.13 bits per heavy atom. The van der Waals surface area contributed by atoms with Crippen LogP contribution in [0.3, 0.4) is 0 Å². The molecule has 0 atom stereocenters. The highest BCUT2D eigenvalue weighted by Gasteiger charge is 2.17. The zero-order valence-corrected chi connectivity index (χ0v) is 17.9. The molecular formula is C22H24N2O5S. The lowest BCUT2D eigenvalue weighted by atomic mass is 10.1. The first-order valence-corrected chi connectivity index (χ1v) is 10.4. The molecule has 0 aliphatic carbocycles. The summed E-state index contributed by atoms with van der Waals surface area (Å²) in [4.78, 5) is 25.1. The summed E-state index contributed by atoms with van der Waals surface area (Å²) in [7, 11) is 3.12. The molecule has 0 aromatic heterocycles. The minimum atomic E-state index is -0.330. The predicted octanol–water partition coefficient (Wildman–Crippen LogP) is 3.49. The number of thioether (sulfide) groups is 1. The fraction of sp³-hybridized carbons (Fsp3) is 0.273. The molecule has 1 aliphatic heterocycles. The third-order valence-corrected chi connectivity index (χ3v) is 5.33. The van der Waals surface area contributed by atoms with E-state index in [0.29, 0.717) is 29.4 Å². The molecule has 0 bridgehead atoms. The van der Waals surface area contributed by atoms with Crippen LogP contribution < -0.4 is 20.1 Å². The number of carbonyl (C=O) groups is 2. The van der Waals surface area contributed by atoms with E-state index in [1.54, 1.807) is 43.9 Å². The molecule has 3 rings (SSSR count). The maximum atomic E-state index is 12.7. The third kappa shape index (κ3) is 5.07. The number of nitrogens with one attached hydrogen (secondary N) is 2. The van der Waals surface area contributed by atoms with Gasteiger partial charge in [-0.2, -0.15) is 0 Å². The van der Waals surface area contributed by atoms with Gasteiger partial charge < -0.3 is 24.8 Å². The Hall–Kier alpha value is -3.13. The van der Waals surface area contributed by atoms with Crippen LogP contribution in [0.5, 0.6) is 11.5 Å². The van der Waals surface area contributed by atoms with Gasteiger partial charge in [-0.15, -0.1) is 11.8 Å². The second-order valence-corrected chi connectivity index (χ2v) is 7.50. The average molecular weight is 429 g/mol. The highest BCUT2D eigenvalue weighted by atomic mass is 32.2. The third-order valence-electron chi connectivity index (χ3n) is 4.54. The number of carbonyl (C=O) groups excluding carboxylic acids is 2. The first-order valence-electron chi connectivity index (χ1n) is 9.38. The van der Waals surface area contributed by atoms with E-state index in [0.717, 1.165) is 16.9 Å². The molecule has 2 N–H and O–H groups in total. The molecule has 1 heterocycles. The quantitative estimate of drug-likeness (QED) is 0.702. The van der Waals surface area contributed by atoms with Gasteiger partial charge in [0.2, 0.25) is 0 Å². The molecule has 1 aliphatic rings. The number of amides is 2. The Labute approximate surface area is 179 Å². The van der Waals surface area contributed by atoms with E-state index in [1.807, 2.05) is 19.1 Å². The fourth-order valence-electron chi connectivity index (χ4n) is 2.94. The smallest absolute Gasteiger partial charge is 0.291 e. The van der Waals surface area contributed by atoms with Gasteiger partial charge >= 0.3 is 0 Å². The second-order valence-electron chi connectivity index (χ2n) is 6.52. The minimum absolute atomic E-state index is 0.265. The molecule has 0 fully saturated rings. The highest BCUT2D eigenvalue weighted by Crippen LogP contribution is 2.30. The average Bonchev–Trinajstić information content (AvgIpc) is 2.78. The second kappa shape index (κ2) is 10.1. The number of aryl methyl sites for hydroxylation is 1. The van der Waals surface area contributed by atoms with Gasteiger partial charge in [-0.3, -0.25) is 9.59 Å². The fourth-order valence-corrected chi connectivity index (χ4v) is 3.56. The number of rotatable bonds is 7. The lowest BCUT2D eigenvalue weighted by Gasteiger charge is -2.16. The van der Waals surface area contributed by atoms with Gasteiger partial charge in [-0.25, -0.2) is 0 Å². The van der Waals surface area contributed by atoms with E-state index >= 15 is 0 Å². The van der Waals surface area contributed by atoms with Crippen LogP contribution in [0.1, 0.15) is 21.5 Å². The number of para-hydroxylation sites is 1. The van der Waals surface area contributed by atoms with Crippen LogP contribution in [0, 0.1) is 6.92 Å². The van der Waals surface area contributed by atoms with Gasteiger partial charge in [0.15, 0.2) is 17.3 Å². The molecule has 8 heteroatoms. The van der Waals surface area contributed by atoms with Crippen molar-refractivity contribution in [3.63, 3.8) is 0 Å². The summed E-state index contributed by atoms with van der Waals surface area (Å²) in [5.41, 5.74) is 2.64. The topological polar surface area (TPSA) is 85.9 Å². The van der Waals surface area contributed by atoms with Crippen LogP contribution in [0.25, 0.3) is 0 Å². The molecule has 2 aromatic carbocycles. The van der Waals surface area contributed by atoms with Gasteiger partial charge in [0.1, 0.15) is 0 Å². The molecule has 0 saturated carbocycles. The van der Waals surface area contributed by atoms with E-state index in [4.69, 9.17) is 14.2 Å². The Balaban J connectivity index is 1.70. The van der Waals surface area contributed by atoms with Crippen molar-refractivity contribution in [3.8, 4) is 11.5 Å². The van der Waals surface area contributed by atoms with Gasteiger partial charge in [0.25, 0.3) is 11.8 Å². The van der Waals surface area contributed by atoms with Crippen molar-refractivity contribution in [1.82, 2.24) is 5.32 Å².